The van der Waals surface area contributed by atoms with Crippen molar-refractivity contribution in [3.63, 3.8) is 0 Å². The maximum absolute atomic E-state index is 15.0. The molecule has 3 aliphatic rings. The molecular formula is C29H30FN3O4. The van der Waals surface area contributed by atoms with Crippen molar-refractivity contribution < 1.29 is 18.7 Å². The molecule has 4 heterocycles. The lowest BCUT2D eigenvalue weighted by molar-refractivity contribution is -0.148. The van der Waals surface area contributed by atoms with Gasteiger partial charge in [-0.3, -0.25) is 14.4 Å². The highest BCUT2D eigenvalue weighted by molar-refractivity contribution is 5.93. The summed E-state index contributed by atoms with van der Waals surface area (Å²) < 4.78 is 22.0. The molecule has 2 atom stereocenters. The van der Waals surface area contributed by atoms with Crippen LogP contribution in [0.3, 0.4) is 0 Å². The second-order valence-corrected chi connectivity index (χ2v) is 10.4. The highest BCUT2D eigenvalue weighted by Gasteiger charge is 2.37. The Kier molecular flexibility index (Phi) is 5.66. The lowest BCUT2D eigenvalue weighted by Gasteiger charge is -2.29. The number of hydrogen-bond acceptors (Lipinski definition) is 5. The molecule has 0 bridgehead atoms. The topological polar surface area (TPSA) is 90.3 Å². The van der Waals surface area contributed by atoms with Crippen LogP contribution in [0.5, 0.6) is 0 Å². The van der Waals surface area contributed by atoms with E-state index in [4.69, 9.17) is 9.72 Å². The number of carbonyl (C=O) groups is 2. The number of amides is 1. The van der Waals surface area contributed by atoms with E-state index < -0.39 is 5.92 Å². The van der Waals surface area contributed by atoms with Gasteiger partial charge in [0.15, 0.2) is 0 Å². The van der Waals surface area contributed by atoms with E-state index in [1.54, 1.807) is 11.5 Å². The largest absolute Gasteiger partial charge is 0.460 e. The van der Waals surface area contributed by atoms with Crippen LogP contribution in [-0.2, 0) is 33.9 Å². The summed E-state index contributed by atoms with van der Waals surface area (Å²) >= 11 is 0. The van der Waals surface area contributed by atoms with Crippen molar-refractivity contribution in [1.29, 1.82) is 0 Å². The van der Waals surface area contributed by atoms with Crippen molar-refractivity contribution in [3.8, 4) is 11.4 Å². The molecule has 2 aliphatic heterocycles. The Bertz CT molecular complexity index is 1560. The highest BCUT2D eigenvalue weighted by Crippen LogP contribution is 2.45. The van der Waals surface area contributed by atoms with Crippen molar-refractivity contribution in [3.05, 3.63) is 61.7 Å². The Balaban J connectivity index is 1.58. The van der Waals surface area contributed by atoms with E-state index in [2.05, 4.69) is 12.2 Å². The summed E-state index contributed by atoms with van der Waals surface area (Å²) in [5.41, 5.74) is 6.16. The van der Waals surface area contributed by atoms with E-state index in [-0.39, 0.29) is 35.9 Å². The molecule has 192 valence electrons. The Morgan fingerprint density at radius 1 is 1.22 bits per heavy atom. The fourth-order valence-corrected chi connectivity index (χ4v) is 6.32. The minimum absolute atomic E-state index is 0.00237. The summed E-state index contributed by atoms with van der Waals surface area (Å²) in [6, 6.07) is 3.12. The lowest BCUT2D eigenvalue weighted by Crippen LogP contribution is -2.33. The van der Waals surface area contributed by atoms with Gasteiger partial charge in [-0.05, 0) is 60.9 Å². The first kappa shape index (κ1) is 23.8. The summed E-state index contributed by atoms with van der Waals surface area (Å²) in [7, 11) is 0. The van der Waals surface area contributed by atoms with Crippen LogP contribution in [0.4, 0.5) is 4.39 Å². The van der Waals surface area contributed by atoms with Crippen LogP contribution in [0.1, 0.15) is 91.3 Å². The number of aromatic nitrogens is 2. The zero-order valence-electron chi connectivity index (χ0n) is 21.4. The predicted molar refractivity (Wildman–Crippen MR) is 137 cm³/mol. The molecule has 1 aliphatic carbocycles. The van der Waals surface area contributed by atoms with E-state index in [0.29, 0.717) is 65.8 Å². The Morgan fingerprint density at radius 3 is 2.78 bits per heavy atom. The summed E-state index contributed by atoms with van der Waals surface area (Å²) in [5, 5.41) is 4.11. The smallest absolute Gasteiger partial charge is 0.313 e. The maximum Gasteiger partial charge on any atom is 0.313 e. The molecule has 0 saturated carbocycles. The second-order valence-electron chi connectivity index (χ2n) is 10.4. The minimum atomic E-state index is -0.498. The zero-order valence-corrected chi connectivity index (χ0v) is 21.4. The summed E-state index contributed by atoms with van der Waals surface area (Å²) in [4.78, 5) is 43.7. The molecule has 2 unspecified atom stereocenters. The molecule has 0 saturated heterocycles. The maximum atomic E-state index is 15.0. The number of halogens is 1. The molecule has 1 aromatic carbocycles. The molecule has 3 aromatic rings. The number of benzene rings is 1. The van der Waals surface area contributed by atoms with Crippen LogP contribution in [0, 0.1) is 12.7 Å². The monoisotopic (exact) mass is 503 g/mol. The summed E-state index contributed by atoms with van der Waals surface area (Å²) in [6.45, 7) is 6.02. The number of carbonyl (C=O) groups excluding carboxylic acids is 2. The fourth-order valence-electron chi connectivity index (χ4n) is 6.32. The van der Waals surface area contributed by atoms with Gasteiger partial charge in [0.1, 0.15) is 12.4 Å². The number of nitrogens with one attached hydrogen (secondary N) is 1. The van der Waals surface area contributed by atoms with Crippen LogP contribution in [0.15, 0.2) is 16.9 Å². The van der Waals surface area contributed by atoms with E-state index in [0.717, 1.165) is 34.9 Å². The van der Waals surface area contributed by atoms with E-state index >= 15 is 0 Å². The molecule has 7 nitrogen and oxygen atoms in total. The van der Waals surface area contributed by atoms with Gasteiger partial charge in [-0.25, -0.2) is 9.37 Å². The van der Waals surface area contributed by atoms with Gasteiger partial charge < -0.3 is 14.6 Å². The molecule has 37 heavy (non-hydrogen) atoms. The van der Waals surface area contributed by atoms with Crippen molar-refractivity contribution in [1.82, 2.24) is 14.9 Å². The van der Waals surface area contributed by atoms with Gasteiger partial charge in [-0.2, -0.15) is 0 Å². The fraction of sp³-hybridized carbons (Fsp3) is 0.448. The zero-order chi connectivity index (χ0) is 26.0. The van der Waals surface area contributed by atoms with Crippen LogP contribution in [-0.4, -0.2) is 21.4 Å². The predicted octanol–water partition coefficient (Wildman–Crippen LogP) is 4.72. The molecule has 8 heteroatoms. The standard InChI is InChI=1S/C29H30FN3O4/c1-4-6-7-24(34)31-21-9-8-16-14(3)20(30)11-22-25(16)26(21)18-12-33-23(27(18)32-22)10-17-15(5-2)29(36)37-13-19(17)28(33)35/h10-11,15,21H,4-9,12-13H2,1-3H3,(H,31,34). The number of rotatable bonds is 5. The van der Waals surface area contributed by atoms with Crippen LogP contribution in [0.2, 0.25) is 0 Å². The van der Waals surface area contributed by atoms with Gasteiger partial charge in [0.05, 0.1) is 41.0 Å². The Morgan fingerprint density at radius 2 is 2.03 bits per heavy atom. The SMILES string of the molecule is CCCCC(=O)NC1CCc2c(C)c(F)cc3nc4c(c1c23)Cn1c-4cc2c(c1=O)COC(=O)C2CC. The van der Waals surface area contributed by atoms with Crippen molar-refractivity contribution in [2.45, 2.75) is 84.4 Å². The molecular weight excluding hydrogens is 473 g/mol. The van der Waals surface area contributed by atoms with Crippen LogP contribution in [0.25, 0.3) is 22.3 Å². The molecule has 0 radical (unpaired) electrons. The minimum Gasteiger partial charge on any atom is -0.460 e. The average molecular weight is 504 g/mol. The molecule has 0 fully saturated rings. The Labute approximate surface area is 214 Å². The first-order valence-electron chi connectivity index (χ1n) is 13.2. The second kappa shape index (κ2) is 8.78. The summed E-state index contributed by atoms with van der Waals surface area (Å²) in [6.07, 6.45) is 4.03. The van der Waals surface area contributed by atoms with Gasteiger partial charge >= 0.3 is 5.97 Å². The molecule has 1 N–H and O–H groups in total. The van der Waals surface area contributed by atoms with Crippen LogP contribution >= 0.6 is 0 Å². The third-order valence-electron chi connectivity index (χ3n) is 8.29. The lowest BCUT2D eigenvalue weighted by atomic mass is 9.81. The molecule has 0 spiro atoms. The molecule has 6 rings (SSSR count). The first-order chi connectivity index (χ1) is 17.8. The number of hydrogen-bond donors (Lipinski definition) is 1. The molecule has 2 aromatic heterocycles. The van der Waals surface area contributed by atoms with Crippen molar-refractivity contribution in [2.24, 2.45) is 0 Å². The van der Waals surface area contributed by atoms with Crippen molar-refractivity contribution in [2.75, 3.05) is 0 Å². The number of fused-ring (bicyclic) bond motifs is 5. The number of ether oxygens (including phenoxy) is 1. The third-order valence-corrected chi connectivity index (χ3v) is 8.29. The average Bonchev–Trinajstić information content (AvgIpc) is 3.25. The third kappa shape index (κ3) is 3.52. The van der Waals surface area contributed by atoms with Crippen LogP contribution < -0.4 is 10.9 Å². The number of nitrogens with zero attached hydrogens (tertiary/aromatic N) is 2. The highest BCUT2D eigenvalue weighted by atomic mass is 19.1. The summed E-state index contributed by atoms with van der Waals surface area (Å²) in [5.74, 6) is -1.13. The van der Waals surface area contributed by atoms with Gasteiger partial charge in [0.2, 0.25) is 5.91 Å². The quantitative estimate of drug-likeness (QED) is 0.398. The number of unbranched alkanes of at least 4 members (excludes halogenated alkanes) is 1. The van der Waals surface area contributed by atoms with Gasteiger partial charge in [-0.1, -0.05) is 20.3 Å². The van der Waals surface area contributed by atoms with E-state index in [9.17, 15) is 18.8 Å². The normalized spacial score (nSPS) is 19.3. The number of esters is 1. The molecule has 1 amide bonds. The van der Waals surface area contributed by atoms with E-state index in [1.165, 1.54) is 6.07 Å². The number of cyclic esters (lactones) is 1. The van der Waals surface area contributed by atoms with Crippen molar-refractivity contribution >= 4 is 22.8 Å². The Hall–Kier alpha value is -3.55. The van der Waals surface area contributed by atoms with E-state index in [1.807, 2.05) is 13.0 Å². The first-order valence-corrected chi connectivity index (χ1v) is 13.2. The van der Waals surface area contributed by atoms with Gasteiger partial charge in [0.25, 0.3) is 5.56 Å². The van der Waals surface area contributed by atoms with Gasteiger partial charge in [0, 0.05) is 23.4 Å². The number of aryl methyl sites for hydroxylation is 1. The number of pyridine rings is 2. The van der Waals surface area contributed by atoms with Gasteiger partial charge in [-0.15, -0.1) is 0 Å².